The maximum absolute atomic E-state index is 11.9. The van der Waals surface area contributed by atoms with Crippen LogP contribution in [0, 0.1) is 10.8 Å². The number of aliphatic carboxylic acids is 1. The molecule has 7 heteroatoms. The van der Waals surface area contributed by atoms with Crippen LogP contribution in [0.1, 0.15) is 27.2 Å². The standard InChI is InChI=1S/C14H26N2O5/c1-13(2,5-6-20-4)8-15-12(19)16-10-7-21-9-14(10,3)11(17)18/h10H,5-9H2,1-4H3,(H,17,18)(H2,15,16,19). The summed E-state index contributed by atoms with van der Waals surface area (Å²) in [5.74, 6) is -0.967. The van der Waals surface area contributed by atoms with Crippen molar-refractivity contribution in [3.63, 3.8) is 0 Å². The Labute approximate surface area is 125 Å². The number of nitrogens with one attached hydrogen (secondary N) is 2. The lowest BCUT2D eigenvalue weighted by molar-refractivity contribution is -0.148. The number of carboxylic acids is 1. The van der Waals surface area contributed by atoms with Crippen molar-refractivity contribution in [3.8, 4) is 0 Å². The van der Waals surface area contributed by atoms with Crippen LogP contribution in [-0.2, 0) is 14.3 Å². The molecule has 1 rings (SSSR count). The highest BCUT2D eigenvalue weighted by atomic mass is 16.5. The second-order valence-electron chi connectivity index (χ2n) is 6.52. The van der Waals surface area contributed by atoms with Crippen molar-refractivity contribution in [2.45, 2.75) is 33.2 Å². The van der Waals surface area contributed by atoms with Crippen molar-refractivity contribution in [2.24, 2.45) is 10.8 Å². The molecule has 122 valence electrons. The Morgan fingerprint density at radius 2 is 2.14 bits per heavy atom. The van der Waals surface area contributed by atoms with Crippen molar-refractivity contribution in [1.29, 1.82) is 0 Å². The van der Waals surface area contributed by atoms with E-state index >= 15 is 0 Å². The smallest absolute Gasteiger partial charge is 0.315 e. The van der Waals surface area contributed by atoms with E-state index in [4.69, 9.17) is 9.47 Å². The molecule has 0 aromatic rings. The number of ether oxygens (including phenoxy) is 2. The molecule has 2 amide bonds. The van der Waals surface area contributed by atoms with Gasteiger partial charge in [-0.1, -0.05) is 13.8 Å². The van der Waals surface area contributed by atoms with E-state index in [1.54, 1.807) is 14.0 Å². The van der Waals surface area contributed by atoms with Crippen LogP contribution in [0.3, 0.4) is 0 Å². The van der Waals surface area contributed by atoms with E-state index in [1.807, 2.05) is 13.8 Å². The SMILES string of the molecule is COCCC(C)(C)CNC(=O)NC1COCC1(C)C(=O)O. The highest BCUT2D eigenvalue weighted by Gasteiger charge is 2.47. The molecule has 1 fully saturated rings. The summed E-state index contributed by atoms with van der Waals surface area (Å²) < 4.78 is 10.2. The van der Waals surface area contributed by atoms with Gasteiger partial charge in [0.05, 0.1) is 19.3 Å². The molecule has 2 atom stereocenters. The summed E-state index contributed by atoms with van der Waals surface area (Å²) in [7, 11) is 1.64. The van der Waals surface area contributed by atoms with Crippen LogP contribution in [-0.4, -0.2) is 56.6 Å². The molecule has 3 N–H and O–H groups in total. The van der Waals surface area contributed by atoms with E-state index in [0.29, 0.717) is 13.2 Å². The lowest BCUT2D eigenvalue weighted by Crippen LogP contribution is -2.53. The molecular weight excluding hydrogens is 276 g/mol. The summed E-state index contributed by atoms with van der Waals surface area (Å²) in [4.78, 5) is 23.2. The first kappa shape index (κ1) is 17.7. The zero-order valence-corrected chi connectivity index (χ0v) is 13.2. The average molecular weight is 302 g/mol. The molecule has 1 aliphatic rings. The van der Waals surface area contributed by atoms with Crippen molar-refractivity contribution in [2.75, 3.05) is 33.5 Å². The predicted molar refractivity (Wildman–Crippen MR) is 77.2 cm³/mol. The molecule has 21 heavy (non-hydrogen) atoms. The van der Waals surface area contributed by atoms with Gasteiger partial charge in [0.25, 0.3) is 0 Å². The Kier molecular flexibility index (Phi) is 5.98. The second kappa shape index (κ2) is 7.09. The van der Waals surface area contributed by atoms with E-state index in [9.17, 15) is 14.7 Å². The molecule has 0 radical (unpaired) electrons. The Hall–Kier alpha value is -1.34. The number of carbonyl (C=O) groups excluding carboxylic acids is 1. The number of carbonyl (C=O) groups is 2. The minimum absolute atomic E-state index is 0.0877. The minimum Gasteiger partial charge on any atom is -0.481 e. The molecule has 0 aliphatic carbocycles. The highest BCUT2D eigenvalue weighted by Crippen LogP contribution is 2.28. The fourth-order valence-electron chi connectivity index (χ4n) is 2.08. The van der Waals surface area contributed by atoms with Crippen LogP contribution in [0.4, 0.5) is 4.79 Å². The van der Waals surface area contributed by atoms with Gasteiger partial charge in [-0.15, -0.1) is 0 Å². The fraction of sp³-hybridized carbons (Fsp3) is 0.857. The van der Waals surface area contributed by atoms with Crippen molar-refractivity contribution < 1.29 is 24.2 Å². The monoisotopic (exact) mass is 302 g/mol. The molecule has 1 heterocycles. The Morgan fingerprint density at radius 1 is 1.48 bits per heavy atom. The number of rotatable bonds is 7. The molecular formula is C14H26N2O5. The third-order valence-corrected chi connectivity index (χ3v) is 3.96. The summed E-state index contributed by atoms with van der Waals surface area (Å²) in [6, 6.07) is -0.902. The van der Waals surface area contributed by atoms with Gasteiger partial charge in [-0.3, -0.25) is 4.79 Å². The van der Waals surface area contributed by atoms with E-state index < -0.39 is 17.4 Å². The van der Waals surface area contributed by atoms with Crippen LogP contribution >= 0.6 is 0 Å². The van der Waals surface area contributed by atoms with E-state index in [-0.39, 0.29) is 24.7 Å². The number of amides is 2. The molecule has 1 saturated heterocycles. The lowest BCUT2D eigenvalue weighted by Gasteiger charge is -2.28. The van der Waals surface area contributed by atoms with Gasteiger partial charge in [-0.2, -0.15) is 0 Å². The topological polar surface area (TPSA) is 96.9 Å². The number of hydrogen-bond acceptors (Lipinski definition) is 4. The molecule has 0 spiro atoms. The molecule has 1 aliphatic heterocycles. The van der Waals surface area contributed by atoms with Gasteiger partial charge in [0.2, 0.25) is 0 Å². The molecule has 0 saturated carbocycles. The molecule has 7 nitrogen and oxygen atoms in total. The maximum Gasteiger partial charge on any atom is 0.315 e. The van der Waals surface area contributed by atoms with Crippen LogP contribution < -0.4 is 10.6 Å². The molecule has 0 aromatic carbocycles. The van der Waals surface area contributed by atoms with Crippen LogP contribution in [0.5, 0.6) is 0 Å². The Bertz CT molecular complexity index is 386. The number of hydrogen-bond donors (Lipinski definition) is 3. The summed E-state index contributed by atoms with van der Waals surface area (Å²) in [6.07, 6.45) is 0.823. The second-order valence-corrected chi connectivity index (χ2v) is 6.52. The summed E-state index contributed by atoms with van der Waals surface area (Å²) >= 11 is 0. The van der Waals surface area contributed by atoms with Crippen LogP contribution in [0.2, 0.25) is 0 Å². The lowest BCUT2D eigenvalue weighted by atomic mass is 9.85. The van der Waals surface area contributed by atoms with Gasteiger partial charge in [0.15, 0.2) is 0 Å². The van der Waals surface area contributed by atoms with Crippen molar-refractivity contribution >= 4 is 12.0 Å². The number of urea groups is 1. The van der Waals surface area contributed by atoms with Crippen LogP contribution in [0.25, 0.3) is 0 Å². The van der Waals surface area contributed by atoms with Gasteiger partial charge in [-0.25, -0.2) is 4.79 Å². The molecule has 2 unspecified atom stereocenters. The first-order chi connectivity index (χ1) is 9.71. The number of methoxy groups -OCH3 is 1. The normalized spacial score (nSPS) is 25.6. The Morgan fingerprint density at radius 3 is 2.71 bits per heavy atom. The third kappa shape index (κ3) is 4.86. The van der Waals surface area contributed by atoms with E-state index in [2.05, 4.69) is 10.6 Å². The zero-order chi connectivity index (χ0) is 16.1. The first-order valence-electron chi connectivity index (χ1n) is 7.06. The largest absolute Gasteiger partial charge is 0.481 e. The predicted octanol–water partition coefficient (Wildman–Crippen LogP) is 0.838. The average Bonchev–Trinajstić information content (AvgIpc) is 2.77. The van der Waals surface area contributed by atoms with Gasteiger partial charge in [0, 0.05) is 20.3 Å². The zero-order valence-electron chi connectivity index (χ0n) is 13.2. The van der Waals surface area contributed by atoms with Crippen LogP contribution in [0.15, 0.2) is 0 Å². The highest BCUT2D eigenvalue weighted by molar-refractivity contribution is 5.79. The maximum atomic E-state index is 11.9. The minimum atomic E-state index is -1.08. The van der Waals surface area contributed by atoms with Gasteiger partial charge in [0.1, 0.15) is 5.41 Å². The van der Waals surface area contributed by atoms with E-state index in [0.717, 1.165) is 6.42 Å². The quantitative estimate of drug-likeness (QED) is 0.647. The number of carboxylic acid groups (broad SMARTS) is 1. The third-order valence-electron chi connectivity index (χ3n) is 3.96. The van der Waals surface area contributed by atoms with E-state index in [1.165, 1.54) is 0 Å². The van der Waals surface area contributed by atoms with Gasteiger partial charge < -0.3 is 25.2 Å². The summed E-state index contributed by atoms with van der Waals surface area (Å²) in [5, 5.41) is 14.7. The van der Waals surface area contributed by atoms with Gasteiger partial charge >= 0.3 is 12.0 Å². The van der Waals surface area contributed by atoms with Gasteiger partial charge in [-0.05, 0) is 18.8 Å². The summed E-state index contributed by atoms with van der Waals surface area (Å²) in [6.45, 7) is 7.08. The first-order valence-corrected chi connectivity index (χ1v) is 7.06. The molecule has 0 aromatic heterocycles. The molecule has 0 bridgehead atoms. The fourth-order valence-corrected chi connectivity index (χ4v) is 2.08. The van der Waals surface area contributed by atoms with Crippen molar-refractivity contribution in [1.82, 2.24) is 10.6 Å². The Balaban J connectivity index is 2.45. The van der Waals surface area contributed by atoms with Crippen molar-refractivity contribution in [3.05, 3.63) is 0 Å². The summed E-state index contributed by atoms with van der Waals surface area (Å²) in [5.41, 5.74) is -1.17.